The molecule has 0 saturated carbocycles. The van der Waals surface area contributed by atoms with Gasteiger partial charge in [0.1, 0.15) is 0 Å². The molecule has 4 heteroatoms. The Morgan fingerprint density at radius 2 is 2.55 bits per heavy atom. The SMILES string of the molecule is NCC1CCc2snnc2C1. The van der Waals surface area contributed by atoms with Gasteiger partial charge in [-0.3, -0.25) is 0 Å². The van der Waals surface area contributed by atoms with Crippen LogP contribution in [-0.4, -0.2) is 16.1 Å². The minimum Gasteiger partial charge on any atom is -0.330 e. The molecular weight excluding hydrogens is 158 g/mol. The van der Waals surface area contributed by atoms with E-state index in [1.165, 1.54) is 28.5 Å². The standard InChI is InChI=1S/C7H11N3S/c8-4-5-1-2-7-6(3-5)9-10-11-7/h5H,1-4,8H2. The first-order chi connectivity index (χ1) is 5.40. The lowest BCUT2D eigenvalue weighted by Crippen LogP contribution is -2.21. The van der Waals surface area contributed by atoms with E-state index >= 15 is 0 Å². The van der Waals surface area contributed by atoms with Crippen molar-refractivity contribution in [2.45, 2.75) is 19.3 Å². The van der Waals surface area contributed by atoms with Crippen molar-refractivity contribution in [3.63, 3.8) is 0 Å². The maximum atomic E-state index is 5.58. The molecule has 0 fully saturated rings. The van der Waals surface area contributed by atoms with Crippen molar-refractivity contribution in [2.75, 3.05) is 6.54 Å². The summed E-state index contributed by atoms with van der Waals surface area (Å²) in [5, 5.41) is 4.07. The molecular formula is C7H11N3S. The molecule has 1 heterocycles. The van der Waals surface area contributed by atoms with E-state index in [4.69, 9.17) is 5.73 Å². The van der Waals surface area contributed by atoms with Crippen LogP contribution in [0.5, 0.6) is 0 Å². The van der Waals surface area contributed by atoms with Gasteiger partial charge in [0.25, 0.3) is 0 Å². The van der Waals surface area contributed by atoms with Crippen LogP contribution in [-0.2, 0) is 12.8 Å². The molecule has 0 aliphatic heterocycles. The third-order valence-corrected chi connectivity index (χ3v) is 3.05. The highest BCUT2D eigenvalue weighted by Gasteiger charge is 2.19. The van der Waals surface area contributed by atoms with Crippen molar-refractivity contribution in [1.29, 1.82) is 0 Å². The first kappa shape index (κ1) is 7.18. The summed E-state index contributed by atoms with van der Waals surface area (Å²) >= 11 is 1.54. The van der Waals surface area contributed by atoms with Gasteiger partial charge >= 0.3 is 0 Å². The van der Waals surface area contributed by atoms with Gasteiger partial charge in [0, 0.05) is 4.88 Å². The fourth-order valence-corrected chi connectivity index (χ4v) is 2.16. The molecule has 1 aromatic heterocycles. The predicted molar refractivity (Wildman–Crippen MR) is 44.5 cm³/mol. The first-order valence-electron chi connectivity index (χ1n) is 3.90. The number of fused-ring (bicyclic) bond motifs is 1. The van der Waals surface area contributed by atoms with Crippen LogP contribution >= 0.6 is 11.5 Å². The van der Waals surface area contributed by atoms with E-state index in [0.29, 0.717) is 5.92 Å². The highest BCUT2D eigenvalue weighted by atomic mass is 32.1. The van der Waals surface area contributed by atoms with E-state index in [0.717, 1.165) is 19.4 Å². The van der Waals surface area contributed by atoms with Gasteiger partial charge in [-0.05, 0) is 43.3 Å². The Morgan fingerprint density at radius 1 is 1.64 bits per heavy atom. The third kappa shape index (κ3) is 1.28. The van der Waals surface area contributed by atoms with Gasteiger partial charge in [-0.2, -0.15) is 0 Å². The maximum absolute atomic E-state index is 5.58. The van der Waals surface area contributed by atoms with Crippen LogP contribution in [0.15, 0.2) is 0 Å². The van der Waals surface area contributed by atoms with Crippen LogP contribution in [0.1, 0.15) is 17.0 Å². The average Bonchev–Trinajstić information content (AvgIpc) is 2.50. The highest BCUT2D eigenvalue weighted by Crippen LogP contribution is 2.25. The van der Waals surface area contributed by atoms with Crippen LogP contribution in [0.25, 0.3) is 0 Å². The molecule has 2 rings (SSSR count). The summed E-state index contributed by atoms with van der Waals surface area (Å²) in [5.74, 6) is 0.645. The van der Waals surface area contributed by atoms with E-state index in [9.17, 15) is 0 Å². The summed E-state index contributed by atoms with van der Waals surface area (Å²) in [4.78, 5) is 1.37. The summed E-state index contributed by atoms with van der Waals surface area (Å²) in [6.45, 7) is 0.789. The van der Waals surface area contributed by atoms with Crippen LogP contribution in [0.4, 0.5) is 0 Å². The number of aryl methyl sites for hydroxylation is 1. The third-order valence-electron chi connectivity index (χ3n) is 2.23. The number of hydrogen-bond acceptors (Lipinski definition) is 4. The van der Waals surface area contributed by atoms with Gasteiger partial charge in [0.05, 0.1) is 5.69 Å². The quantitative estimate of drug-likeness (QED) is 0.670. The van der Waals surface area contributed by atoms with Gasteiger partial charge in [0.2, 0.25) is 0 Å². The summed E-state index contributed by atoms with van der Waals surface area (Å²) in [5.41, 5.74) is 6.78. The van der Waals surface area contributed by atoms with Crippen molar-refractivity contribution in [1.82, 2.24) is 9.59 Å². The zero-order chi connectivity index (χ0) is 7.68. The number of nitrogens with two attached hydrogens (primary N) is 1. The van der Waals surface area contributed by atoms with Gasteiger partial charge in [-0.15, -0.1) is 5.10 Å². The molecule has 0 aromatic carbocycles. The van der Waals surface area contributed by atoms with Crippen molar-refractivity contribution in [3.05, 3.63) is 10.6 Å². The second kappa shape index (κ2) is 2.87. The van der Waals surface area contributed by atoms with Crippen molar-refractivity contribution < 1.29 is 0 Å². The molecule has 60 valence electrons. The Bertz CT molecular complexity index is 246. The Labute approximate surface area is 69.8 Å². The zero-order valence-electron chi connectivity index (χ0n) is 6.29. The summed E-state index contributed by atoms with van der Waals surface area (Å²) in [6.07, 6.45) is 3.39. The molecule has 11 heavy (non-hydrogen) atoms. The fraction of sp³-hybridized carbons (Fsp3) is 0.714. The van der Waals surface area contributed by atoms with Gasteiger partial charge < -0.3 is 5.73 Å². The van der Waals surface area contributed by atoms with Crippen LogP contribution < -0.4 is 5.73 Å². The maximum Gasteiger partial charge on any atom is 0.0790 e. The highest BCUT2D eigenvalue weighted by molar-refractivity contribution is 7.05. The molecule has 3 nitrogen and oxygen atoms in total. The minimum absolute atomic E-state index is 0.645. The van der Waals surface area contributed by atoms with Crippen LogP contribution in [0, 0.1) is 5.92 Å². The van der Waals surface area contributed by atoms with Crippen molar-refractivity contribution in [3.8, 4) is 0 Å². The Morgan fingerprint density at radius 3 is 3.36 bits per heavy atom. The lowest BCUT2D eigenvalue weighted by Gasteiger charge is -2.17. The number of nitrogens with zero attached hydrogens (tertiary/aromatic N) is 2. The van der Waals surface area contributed by atoms with Crippen molar-refractivity contribution in [2.24, 2.45) is 11.7 Å². The molecule has 1 aromatic rings. The summed E-state index contributed by atoms with van der Waals surface area (Å²) in [7, 11) is 0. The molecule has 0 radical (unpaired) electrons. The molecule has 1 aliphatic rings. The summed E-state index contributed by atoms with van der Waals surface area (Å²) in [6, 6.07) is 0. The second-order valence-electron chi connectivity index (χ2n) is 2.99. The average molecular weight is 169 g/mol. The molecule has 1 aliphatic carbocycles. The fourth-order valence-electron chi connectivity index (χ4n) is 1.48. The molecule has 0 saturated heterocycles. The van der Waals surface area contributed by atoms with E-state index < -0.39 is 0 Å². The minimum atomic E-state index is 0.645. The lowest BCUT2D eigenvalue weighted by atomic mass is 9.91. The molecule has 0 spiro atoms. The van der Waals surface area contributed by atoms with Crippen LogP contribution in [0.3, 0.4) is 0 Å². The summed E-state index contributed by atoms with van der Waals surface area (Å²) < 4.78 is 3.92. The van der Waals surface area contributed by atoms with Gasteiger partial charge in [0.15, 0.2) is 0 Å². The van der Waals surface area contributed by atoms with E-state index in [-0.39, 0.29) is 0 Å². The van der Waals surface area contributed by atoms with Crippen LogP contribution in [0.2, 0.25) is 0 Å². The molecule has 1 unspecified atom stereocenters. The van der Waals surface area contributed by atoms with Gasteiger partial charge in [-0.1, -0.05) is 4.49 Å². The van der Waals surface area contributed by atoms with E-state index in [1.54, 1.807) is 0 Å². The monoisotopic (exact) mass is 169 g/mol. The topological polar surface area (TPSA) is 51.8 Å². The zero-order valence-corrected chi connectivity index (χ0v) is 7.10. The molecule has 0 bridgehead atoms. The molecule has 0 amide bonds. The Kier molecular flexibility index (Phi) is 1.87. The second-order valence-corrected chi connectivity index (χ2v) is 3.83. The number of rotatable bonds is 1. The Balaban J connectivity index is 2.18. The van der Waals surface area contributed by atoms with E-state index in [1.807, 2.05) is 0 Å². The number of hydrogen-bond donors (Lipinski definition) is 1. The molecule has 2 N–H and O–H groups in total. The smallest absolute Gasteiger partial charge is 0.0790 e. The van der Waals surface area contributed by atoms with Gasteiger partial charge in [-0.25, -0.2) is 0 Å². The number of aromatic nitrogens is 2. The lowest BCUT2D eigenvalue weighted by molar-refractivity contribution is 0.465. The van der Waals surface area contributed by atoms with Crippen molar-refractivity contribution >= 4 is 11.5 Å². The normalized spacial score (nSPS) is 23.2. The molecule has 1 atom stereocenters. The largest absolute Gasteiger partial charge is 0.330 e. The van der Waals surface area contributed by atoms with E-state index in [2.05, 4.69) is 9.59 Å². The Hall–Kier alpha value is -0.480. The predicted octanol–water partition coefficient (Wildman–Crippen LogP) is 0.602. The first-order valence-corrected chi connectivity index (χ1v) is 4.67.